The smallest absolute Gasteiger partial charge is 0.370 e. The molecule has 1 aromatic carbocycles. The van der Waals surface area contributed by atoms with Gasteiger partial charge in [-0.15, -0.1) is 0 Å². The fraction of sp³-hybridized carbons (Fsp3) is 0.308. The molecule has 3 nitrogen and oxygen atoms in total. The number of imidazole rings is 1. The summed E-state index contributed by atoms with van der Waals surface area (Å²) < 4.78 is 39.9. The van der Waals surface area contributed by atoms with Crippen molar-refractivity contribution in [1.29, 1.82) is 0 Å². The number of H-pyrrole nitrogens is 1. The number of hydrogen-bond donors (Lipinski definition) is 2. The van der Waals surface area contributed by atoms with Gasteiger partial charge in [0.2, 0.25) is 5.60 Å². The molecule has 1 atom stereocenters. The predicted molar refractivity (Wildman–Crippen MR) is 75.5 cm³/mol. The molecule has 8 heteroatoms. The molecule has 1 aromatic heterocycles. The Kier molecular flexibility index (Phi) is 3.99. The summed E-state index contributed by atoms with van der Waals surface area (Å²) >= 11 is 11.6. The van der Waals surface area contributed by atoms with E-state index in [0.717, 1.165) is 0 Å². The van der Waals surface area contributed by atoms with Crippen molar-refractivity contribution >= 4 is 34.2 Å². The number of aromatic amines is 1. The lowest BCUT2D eigenvalue weighted by atomic mass is 9.91. The maximum absolute atomic E-state index is 13.3. The van der Waals surface area contributed by atoms with Gasteiger partial charge in [-0.25, -0.2) is 4.98 Å². The van der Waals surface area contributed by atoms with Gasteiger partial charge in [0, 0.05) is 0 Å². The van der Waals surface area contributed by atoms with Gasteiger partial charge in [-0.05, 0) is 24.1 Å². The van der Waals surface area contributed by atoms with Gasteiger partial charge >= 0.3 is 6.18 Å². The van der Waals surface area contributed by atoms with Crippen LogP contribution in [0.25, 0.3) is 11.0 Å². The Hall–Kier alpha value is -1.24. The third-order valence-electron chi connectivity index (χ3n) is 3.22. The Morgan fingerprint density at radius 1 is 1.33 bits per heavy atom. The summed E-state index contributed by atoms with van der Waals surface area (Å²) in [6.45, 7) is 4.78. The van der Waals surface area contributed by atoms with Crippen molar-refractivity contribution in [3.05, 3.63) is 40.2 Å². The highest BCUT2D eigenvalue weighted by molar-refractivity contribution is 6.42. The summed E-state index contributed by atoms with van der Waals surface area (Å²) in [4.78, 5) is 6.23. The minimum absolute atomic E-state index is 0.0609. The topological polar surface area (TPSA) is 48.9 Å². The normalized spacial score (nSPS) is 15.2. The molecule has 0 aliphatic rings. The number of nitrogens with zero attached hydrogens (tertiary/aromatic N) is 1. The monoisotopic (exact) mass is 338 g/mol. The van der Waals surface area contributed by atoms with Gasteiger partial charge in [-0.2, -0.15) is 13.2 Å². The molecule has 0 amide bonds. The van der Waals surface area contributed by atoms with Gasteiger partial charge in [0.25, 0.3) is 0 Å². The van der Waals surface area contributed by atoms with Crippen molar-refractivity contribution in [2.24, 2.45) is 0 Å². The van der Waals surface area contributed by atoms with Crippen LogP contribution in [0.15, 0.2) is 24.3 Å². The van der Waals surface area contributed by atoms with E-state index in [1.165, 1.54) is 19.1 Å². The zero-order chi connectivity index (χ0) is 16.0. The van der Waals surface area contributed by atoms with E-state index in [9.17, 15) is 18.3 Å². The van der Waals surface area contributed by atoms with Crippen LogP contribution in [0.4, 0.5) is 13.2 Å². The summed E-state index contributed by atoms with van der Waals surface area (Å²) in [5.41, 5.74) is -3.25. The molecular formula is C13H11Cl2F3N2O. The Morgan fingerprint density at radius 2 is 1.90 bits per heavy atom. The van der Waals surface area contributed by atoms with Gasteiger partial charge in [0.1, 0.15) is 0 Å². The molecule has 0 spiro atoms. The number of aromatic nitrogens is 2. The van der Waals surface area contributed by atoms with Crippen LogP contribution < -0.4 is 0 Å². The number of fused-ring (bicyclic) bond motifs is 1. The van der Waals surface area contributed by atoms with Crippen molar-refractivity contribution in [3.8, 4) is 0 Å². The van der Waals surface area contributed by atoms with Crippen LogP contribution in [0.3, 0.4) is 0 Å². The lowest BCUT2D eigenvalue weighted by Gasteiger charge is -2.30. The van der Waals surface area contributed by atoms with Crippen LogP contribution in [0, 0.1) is 0 Å². The SMILES string of the molecule is C=C(CC)C(O)(c1nc2cc(Cl)c(Cl)cc2[nH]1)C(F)(F)F. The van der Waals surface area contributed by atoms with Crippen LogP contribution in [0.1, 0.15) is 19.2 Å². The maximum atomic E-state index is 13.3. The first-order valence-corrected chi connectivity index (χ1v) is 6.69. The van der Waals surface area contributed by atoms with E-state index in [4.69, 9.17) is 23.2 Å². The van der Waals surface area contributed by atoms with Crippen molar-refractivity contribution < 1.29 is 18.3 Å². The molecule has 1 heterocycles. The number of benzene rings is 1. The third-order valence-corrected chi connectivity index (χ3v) is 3.94. The molecule has 0 saturated heterocycles. The van der Waals surface area contributed by atoms with Gasteiger partial charge in [0.05, 0.1) is 21.1 Å². The fourth-order valence-electron chi connectivity index (χ4n) is 1.93. The molecule has 2 rings (SSSR count). The van der Waals surface area contributed by atoms with Gasteiger partial charge < -0.3 is 10.1 Å². The molecule has 0 aliphatic heterocycles. The quantitative estimate of drug-likeness (QED) is 0.804. The minimum Gasteiger partial charge on any atom is -0.370 e. The van der Waals surface area contributed by atoms with Crippen LogP contribution in [-0.2, 0) is 5.60 Å². The van der Waals surface area contributed by atoms with Crippen molar-refractivity contribution in [3.63, 3.8) is 0 Å². The van der Waals surface area contributed by atoms with Crippen molar-refractivity contribution in [2.45, 2.75) is 25.1 Å². The molecule has 2 aromatic rings. The van der Waals surface area contributed by atoms with Crippen molar-refractivity contribution in [1.82, 2.24) is 9.97 Å². The highest BCUT2D eigenvalue weighted by Crippen LogP contribution is 2.44. The Bertz CT molecular complexity index is 672. The standard InChI is InChI=1S/C13H11Cl2F3N2O/c1-3-6(2)12(21,13(16,17)18)11-19-9-4-7(14)8(15)5-10(9)20-11/h4-5,21H,2-3H2,1H3,(H,19,20). The van der Waals surface area contributed by atoms with E-state index < -0.39 is 23.2 Å². The lowest BCUT2D eigenvalue weighted by molar-refractivity contribution is -0.253. The number of alkyl halides is 3. The second kappa shape index (κ2) is 5.19. The van der Waals surface area contributed by atoms with Crippen LogP contribution >= 0.6 is 23.2 Å². The second-order valence-electron chi connectivity index (χ2n) is 4.53. The predicted octanol–water partition coefficient (Wildman–Crippen LogP) is 4.59. The number of halogens is 5. The van der Waals surface area contributed by atoms with E-state index in [-0.39, 0.29) is 27.5 Å². The molecular weight excluding hydrogens is 328 g/mol. The first kappa shape index (κ1) is 16.1. The molecule has 0 saturated carbocycles. The third kappa shape index (κ3) is 2.52. The largest absolute Gasteiger partial charge is 0.428 e. The summed E-state index contributed by atoms with van der Waals surface area (Å²) in [6.07, 6.45) is -5.02. The first-order valence-electron chi connectivity index (χ1n) is 5.93. The van der Waals surface area contributed by atoms with E-state index in [1.54, 1.807) is 0 Å². The molecule has 114 valence electrons. The summed E-state index contributed by atoms with van der Waals surface area (Å²) in [7, 11) is 0. The highest BCUT2D eigenvalue weighted by Gasteiger charge is 2.58. The highest BCUT2D eigenvalue weighted by atomic mass is 35.5. The zero-order valence-electron chi connectivity index (χ0n) is 10.9. The fourth-order valence-corrected chi connectivity index (χ4v) is 2.26. The first-order chi connectivity index (χ1) is 9.61. The molecule has 0 radical (unpaired) electrons. The summed E-state index contributed by atoms with van der Waals surface area (Å²) in [6, 6.07) is 2.67. The molecule has 0 fully saturated rings. The van der Waals surface area contributed by atoms with Crippen LogP contribution in [0.5, 0.6) is 0 Å². The molecule has 1 unspecified atom stereocenters. The van der Waals surface area contributed by atoms with Crippen LogP contribution in [-0.4, -0.2) is 21.3 Å². The molecule has 0 bridgehead atoms. The Morgan fingerprint density at radius 3 is 2.43 bits per heavy atom. The summed E-state index contributed by atoms with van der Waals surface area (Å²) in [5, 5.41) is 10.5. The van der Waals surface area contributed by atoms with Gasteiger partial charge in [0.15, 0.2) is 5.82 Å². The lowest BCUT2D eigenvalue weighted by Crippen LogP contribution is -2.44. The van der Waals surface area contributed by atoms with Gasteiger partial charge in [-0.1, -0.05) is 36.7 Å². The number of aliphatic hydroxyl groups is 1. The Labute approximate surface area is 128 Å². The maximum Gasteiger partial charge on any atom is 0.428 e. The zero-order valence-corrected chi connectivity index (χ0v) is 12.4. The number of nitrogens with one attached hydrogen (secondary N) is 1. The molecule has 21 heavy (non-hydrogen) atoms. The van der Waals surface area contributed by atoms with E-state index in [0.29, 0.717) is 0 Å². The Balaban J connectivity index is 2.69. The van der Waals surface area contributed by atoms with E-state index >= 15 is 0 Å². The van der Waals surface area contributed by atoms with Crippen LogP contribution in [0.2, 0.25) is 10.0 Å². The average molecular weight is 339 g/mol. The number of hydrogen-bond acceptors (Lipinski definition) is 2. The second-order valence-corrected chi connectivity index (χ2v) is 5.35. The van der Waals surface area contributed by atoms with Gasteiger partial charge in [-0.3, -0.25) is 0 Å². The van der Waals surface area contributed by atoms with E-state index in [2.05, 4.69) is 16.5 Å². The average Bonchev–Trinajstić information content (AvgIpc) is 2.79. The number of rotatable bonds is 3. The molecule has 0 aliphatic carbocycles. The van der Waals surface area contributed by atoms with Crippen molar-refractivity contribution in [2.75, 3.05) is 0 Å². The minimum atomic E-state index is -4.96. The van der Waals surface area contributed by atoms with E-state index in [1.807, 2.05) is 0 Å². The summed E-state index contributed by atoms with van der Waals surface area (Å²) in [5.74, 6) is -0.657. The molecule has 2 N–H and O–H groups in total.